The molecule has 112 valence electrons. The van der Waals surface area contributed by atoms with Gasteiger partial charge in [-0.2, -0.15) is 0 Å². The van der Waals surface area contributed by atoms with E-state index in [0.29, 0.717) is 12.2 Å². The molecule has 0 bridgehead atoms. The minimum Gasteiger partial charge on any atom is -0.451 e. The Morgan fingerprint density at radius 2 is 2.10 bits per heavy atom. The third-order valence-corrected chi connectivity index (χ3v) is 3.43. The lowest BCUT2D eigenvalue weighted by molar-refractivity contribution is -0.00257. The summed E-state index contributed by atoms with van der Waals surface area (Å²) in [6.45, 7) is 4.52. The van der Waals surface area contributed by atoms with E-state index < -0.39 is 0 Å². The van der Waals surface area contributed by atoms with Crippen LogP contribution in [0.5, 0.6) is 0 Å². The van der Waals surface area contributed by atoms with Crippen LogP contribution in [-0.4, -0.2) is 50.3 Å². The van der Waals surface area contributed by atoms with E-state index in [1.165, 1.54) is 0 Å². The summed E-state index contributed by atoms with van der Waals surface area (Å²) in [5.41, 5.74) is 3.10. The van der Waals surface area contributed by atoms with Crippen LogP contribution >= 0.6 is 0 Å². The normalized spacial score (nSPS) is 16.2. The fourth-order valence-electron chi connectivity index (χ4n) is 2.26. The summed E-state index contributed by atoms with van der Waals surface area (Å²) in [6, 6.07) is 9.20. The molecule has 6 heteroatoms. The molecule has 2 heterocycles. The molecule has 1 fully saturated rings. The highest BCUT2D eigenvalue weighted by molar-refractivity contribution is 5.95. The molecule has 1 N–H and O–H groups in total. The number of amides is 1. The van der Waals surface area contributed by atoms with Gasteiger partial charge in [-0.05, 0) is 12.1 Å². The largest absolute Gasteiger partial charge is 0.451 e. The maximum atomic E-state index is 11.9. The molecule has 6 nitrogen and oxygen atoms in total. The summed E-state index contributed by atoms with van der Waals surface area (Å²) in [4.78, 5) is 19.3. The lowest BCUT2D eigenvalue weighted by Crippen LogP contribution is -2.39. The summed E-state index contributed by atoms with van der Waals surface area (Å²) < 4.78 is 10.7. The van der Waals surface area contributed by atoms with Crippen LogP contribution in [0.4, 0.5) is 0 Å². The first-order valence-electron chi connectivity index (χ1n) is 7.04. The minimum absolute atomic E-state index is 0.252. The topological polar surface area (TPSA) is 63.9 Å². The number of fused-ring (bicyclic) bond motifs is 1. The Morgan fingerprint density at radius 1 is 1.29 bits per heavy atom. The zero-order chi connectivity index (χ0) is 14.5. The second-order valence-corrected chi connectivity index (χ2v) is 4.88. The smallest absolute Gasteiger partial charge is 0.310 e. The van der Waals surface area contributed by atoms with E-state index in [-0.39, 0.29) is 11.7 Å². The number of nitrogens with one attached hydrogen (secondary N) is 1. The number of para-hydroxylation sites is 1. The Morgan fingerprint density at radius 3 is 2.90 bits per heavy atom. The van der Waals surface area contributed by atoms with Gasteiger partial charge < -0.3 is 9.15 Å². The number of hydroxylamine groups is 1. The number of rotatable bonds is 5. The molecule has 1 amide bonds. The fraction of sp³-hybridized carbons (Fsp3) is 0.400. The van der Waals surface area contributed by atoms with Gasteiger partial charge in [0.05, 0.1) is 19.8 Å². The molecule has 21 heavy (non-hydrogen) atoms. The van der Waals surface area contributed by atoms with Crippen LogP contribution in [0.1, 0.15) is 10.6 Å². The van der Waals surface area contributed by atoms with Crippen LogP contribution in [0.15, 0.2) is 34.7 Å². The van der Waals surface area contributed by atoms with Crippen molar-refractivity contribution in [3.05, 3.63) is 36.1 Å². The number of benzene rings is 1. The van der Waals surface area contributed by atoms with Gasteiger partial charge in [0.1, 0.15) is 5.58 Å². The molecule has 0 spiro atoms. The highest BCUT2D eigenvalue weighted by Gasteiger charge is 2.13. The number of nitrogens with zero attached hydrogens (tertiary/aromatic N) is 1. The molecule has 1 saturated heterocycles. The molecule has 1 aliphatic heterocycles. The first kappa shape index (κ1) is 14.1. The van der Waals surface area contributed by atoms with E-state index >= 15 is 0 Å². The predicted octanol–water partition coefficient (Wildman–Crippen LogP) is 1.43. The fourth-order valence-corrected chi connectivity index (χ4v) is 2.26. The second-order valence-electron chi connectivity index (χ2n) is 4.88. The number of morpholine rings is 1. The average molecular weight is 290 g/mol. The summed E-state index contributed by atoms with van der Waals surface area (Å²) >= 11 is 0. The molecule has 0 unspecified atom stereocenters. The van der Waals surface area contributed by atoms with Gasteiger partial charge in [-0.25, -0.2) is 5.48 Å². The van der Waals surface area contributed by atoms with E-state index in [1.54, 1.807) is 6.07 Å². The maximum absolute atomic E-state index is 11.9. The quantitative estimate of drug-likeness (QED) is 0.666. The Hall–Kier alpha value is -1.89. The minimum atomic E-state index is -0.367. The molecule has 3 rings (SSSR count). The molecule has 0 saturated carbocycles. The highest BCUT2D eigenvalue weighted by Crippen LogP contribution is 2.18. The van der Waals surface area contributed by atoms with Crippen molar-refractivity contribution in [1.82, 2.24) is 10.4 Å². The molecular formula is C15H18N2O4. The molecule has 0 radical (unpaired) electrons. The number of carbonyl (C=O) groups excluding carboxylic acids is 1. The van der Waals surface area contributed by atoms with Crippen LogP contribution in [0, 0.1) is 0 Å². The van der Waals surface area contributed by atoms with Gasteiger partial charge >= 0.3 is 5.91 Å². The molecule has 0 atom stereocenters. The zero-order valence-electron chi connectivity index (χ0n) is 11.7. The number of furan rings is 1. The van der Waals surface area contributed by atoms with Crippen molar-refractivity contribution in [3.8, 4) is 0 Å². The zero-order valence-corrected chi connectivity index (χ0v) is 11.7. The summed E-state index contributed by atoms with van der Waals surface area (Å²) in [5.74, 6) is -0.115. The Kier molecular flexibility index (Phi) is 4.49. The van der Waals surface area contributed by atoms with Crippen LogP contribution in [-0.2, 0) is 9.57 Å². The van der Waals surface area contributed by atoms with E-state index in [9.17, 15) is 4.79 Å². The average Bonchev–Trinajstić information content (AvgIpc) is 2.96. The van der Waals surface area contributed by atoms with Crippen molar-refractivity contribution < 1.29 is 18.8 Å². The molecule has 1 aromatic carbocycles. The second kappa shape index (κ2) is 6.71. The van der Waals surface area contributed by atoms with Crippen LogP contribution in [0.3, 0.4) is 0 Å². The molecule has 0 aliphatic carbocycles. The third-order valence-electron chi connectivity index (χ3n) is 3.43. The summed E-state index contributed by atoms with van der Waals surface area (Å²) in [7, 11) is 0. The van der Waals surface area contributed by atoms with E-state index in [0.717, 1.165) is 38.2 Å². The standard InChI is InChI=1S/C15H18N2O4/c18-15(14-11-12-3-1-2-4-13(12)21-14)16-20-10-7-17-5-8-19-9-6-17/h1-4,11H,5-10H2,(H,16,18). The number of ether oxygens (including phenoxy) is 1. The van der Waals surface area contributed by atoms with Crippen LogP contribution in [0.25, 0.3) is 11.0 Å². The highest BCUT2D eigenvalue weighted by atomic mass is 16.7. The number of carbonyl (C=O) groups is 1. The molecule has 1 aromatic heterocycles. The molecular weight excluding hydrogens is 272 g/mol. The van der Waals surface area contributed by atoms with Gasteiger partial charge in [0.15, 0.2) is 5.76 Å². The van der Waals surface area contributed by atoms with Crippen LogP contribution in [0.2, 0.25) is 0 Å². The Balaban J connectivity index is 1.45. The Bertz CT molecular complexity index is 571. The van der Waals surface area contributed by atoms with E-state index in [4.69, 9.17) is 14.0 Å². The first-order valence-corrected chi connectivity index (χ1v) is 7.04. The maximum Gasteiger partial charge on any atom is 0.310 e. The van der Waals surface area contributed by atoms with Crippen molar-refractivity contribution >= 4 is 16.9 Å². The van der Waals surface area contributed by atoms with Gasteiger partial charge in [-0.1, -0.05) is 18.2 Å². The summed E-state index contributed by atoms with van der Waals surface area (Å²) in [5, 5.41) is 0.899. The van der Waals surface area contributed by atoms with Crippen molar-refractivity contribution in [2.45, 2.75) is 0 Å². The SMILES string of the molecule is O=C(NOCCN1CCOCC1)c1cc2ccccc2o1. The van der Waals surface area contributed by atoms with Gasteiger partial charge in [0.25, 0.3) is 0 Å². The summed E-state index contributed by atoms with van der Waals surface area (Å²) in [6.07, 6.45) is 0. The van der Waals surface area contributed by atoms with Gasteiger partial charge in [-0.15, -0.1) is 0 Å². The van der Waals surface area contributed by atoms with E-state index in [2.05, 4.69) is 10.4 Å². The van der Waals surface area contributed by atoms with Crippen molar-refractivity contribution in [3.63, 3.8) is 0 Å². The molecule has 1 aliphatic rings. The third kappa shape index (κ3) is 3.60. The van der Waals surface area contributed by atoms with Gasteiger partial charge in [0.2, 0.25) is 0 Å². The molecule has 2 aromatic rings. The number of hydrogen-bond donors (Lipinski definition) is 1. The Labute approximate surface area is 122 Å². The van der Waals surface area contributed by atoms with Crippen LogP contribution < -0.4 is 5.48 Å². The lowest BCUT2D eigenvalue weighted by Gasteiger charge is -2.26. The first-order chi connectivity index (χ1) is 10.3. The van der Waals surface area contributed by atoms with Crippen molar-refractivity contribution in [2.24, 2.45) is 0 Å². The lowest BCUT2D eigenvalue weighted by atomic mass is 10.2. The van der Waals surface area contributed by atoms with Gasteiger partial charge in [-0.3, -0.25) is 14.5 Å². The van der Waals surface area contributed by atoms with Gasteiger partial charge in [0, 0.05) is 25.0 Å². The number of hydrogen-bond acceptors (Lipinski definition) is 5. The predicted molar refractivity (Wildman–Crippen MR) is 76.9 cm³/mol. The van der Waals surface area contributed by atoms with E-state index in [1.807, 2.05) is 24.3 Å². The van der Waals surface area contributed by atoms with Crippen molar-refractivity contribution in [1.29, 1.82) is 0 Å². The monoisotopic (exact) mass is 290 g/mol. The van der Waals surface area contributed by atoms with Crippen molar-refractivity contribution in [2.75, 3.05) is 39.5 Å².